The van der Waals surface area contributed by atoms with Crippen LogP contribution in [0.2, 0.25) is 0 Å². The highest BCUT2D eigenvalue weighted by Gasteiger charge is 2.25. The van der Waals surface area contributed by atoms with Crippen LogP contribution in [-0.4, -0.2) is 51.5 Å². The smallest absolute Gasteiger partial charge is 0.264 e. The van der Waals surface area contributed by atoms with E-state index in [9.17, 15) is 9.90 Å². The van der Waals surface area contributed by atoms with Crippen molar-refractivity contribution in [2.24, 2.45) is 0 Å². The normalized spacial score (nSPS) is 15.2. The van der Waals surface area contributed by atoms with E-state index >= 15 is 0 Å². The Morgan fingerprint density at radius 2 is 1.96 bits per heavy atom. The van der Waals surface area contributed by atoms with Gasteiger partial charge in [0, 0.05) is 37.8 Å². The van der Waals surface area contributed by atoms with Crippen LogP contribution in [-0.2, 0) is 0 Å². The molecule has 132 valence electrons. The van der Waals surface area contributed by atoms with Gasteiger partial charge in [-0.2, -0.15) is 0 Å². The number of thiazole rings is 1. The largest absolute Gasteiger partial charge is 0.506 e. The number of fused-ring (bicyclic) bond motifs is 3. The van der Waals surface area contributed by atoms with Crippen molar-refractivity contribution < 1.29 is 9.90 Å². The highest BCUT2D eigenvalue weighted by molar-refractivity contribution is 7.21. The van der Waals surface area contributed by atoms with Crippen LogP contribution in [0.4, 0.5) is 5.69 Å². The lowest BCUT2D eigenvalue weighted by atomic mass is 10.2. The summed E-state index contributed by atoms with van der Waals surface area (Å²) in [5, 5.41) is 12.0. The number of carbonyl (C=O) groups is 1. The van der Waals surface area contributed by atoms with Crippen LogP contribution in [0.25, 0.3) is 15.3 Å². The number of imidazole rings is 1. The fourth-order valence-electron chi connectivity index (χ4n) is 3.39. The molecule has 1 saturated heterocycles. The van der Waals surface area contributed by atoms with Crippen LogP contribution in [0.15, 0.2) is 41.9 Å². The molecule has 1 N–H and O–H groups in total. The third-order valence-electron chi connectivity index (χ3n) is 4.74. The molecule has 8 heteroatoms. The minimum Gasteiger partial charge on any atom is -0.506 e. The standard InChI is InChI=1S/C18H16N4O2S2/c23-14-4-2-1-3-12(14)20-5-7-21(8-6-20)17(24)15-11-13-16(26-15)19-18-22(13)9-10-25-18/h1-4,9-11,23H,5-8H2. The predicted molar refractivity (Wildman–Crippen MR) is 105 cm³/mol. The maximum absolute atomic E-state index is 12.9. The highest BCUT2D eigenvalue weighted by Crippen LogP contribution is 2.30. The fourth-order valence-corrected chi connectivity index (χ4v) is 5.16. The van der Waals surface area contributed by atoms with Crippen LogP contribution in [0, 0.1) is 0 Å². The first-order valence-electron chi connectivity index (χ1n) is 8.38. The van der Waals surface area contributed by atoms with E-state index in [1.54, 1.807) is 17.4 Å². The Kier molecular flexibility index (Phi) is 3.61. The van der Waals surface area contributed by atoms with Crippen molar-refractivity contribution in [2.45, 2.75) is 0 Å². The molecule has 4 heterocycles. The number of hydrogen-bond acceptors (Lipinski definition) is 6. The predicted octanol–water partition coefficient (Wildman–Crippen LogP) is 3.28. The topological polar surface area (TPSA) is 61.1 Å². The van der Waals surface area contributed by atoms with Gasteiger partial charge in [-0.25, -0.2) is 4.98 Å². The first-order chi connectivity index (χ1) is 12.7. The van der Waals surface area contributed by atoms with Gasteiger partial charge < -0.3 is 14.9 Å². The Hall–Kier alpha value is -2.58. The lowest BCUT2D eigenvalue weighted by Gasteiger charge is -2.36. The molecule has 1 aromatic carbocycles. The molecule has 3 aromatic heterocycles. The molecule has 26 heavy (non-hydrogen) atoms. The van der Waals surface area contributed by atoms with E-state index in [4.69, 9.17) is 0 Å². The number of piperazine rings is 1. The van der Waals surface area contributed by atoms with Crippen LogP contribution in [0.5, 0.6) is 5.75 Å². The molecule has 1 aliphatic heterocycles. The zero-order valence-corrected chi connectivity index (χ0v) is 15.5. The minimum absolute atomic E-state index is 0.0638. The average Bonchev–Trinajstić information content (AvgIpc) is 3.34. The Labute approximate surface area is 157 Å². The van der Waals surface area contributed by atoms with E-state index in [1.807, 2.05) is 45.1 Å². The molecule has 1 fully saturated rings. The number of aromatic hydroxyl groups is 1. The van der Waals surface area contributed by atoms with Crippen molar-refractivity contribution >= 4 is 49.6 Å². The lowest BCUT2D eigenvalue weighted by Crippen LogP contribution is -2.48. The second kappa shape index (κ2) is 6.00. The molecule has 0 atom stereocenters. The Bertz CT molecular complexity index is 1100. The Morgan fingerprint density at radius 1 is 1.15 bits per heavy atom. The molecule has 0 aliphatic carbocycles. The molecule has 0 unspecified atom stereocenters. The van der Waals surface area contributed by atoms with E-state index in [2.05, 4.69) is 9.88 Å². The number of para-hydroxylation sites is 2. The number of anilines is 1. The van der Waals surface area contributed by atoms with Crippen molar-refractivity contribution in [3.05, 3.63) is 46.8 Å². The van der Waals surface area contributed by atoms with Gasteiger partial charge >= 0.3 is 0 Å². The Balaban J connectivity index is 1.34. The number of amides is 1. The van der Waals surface area contributed by atoms with Crippen molar-refractivity contribution in [2.75, 3.05) is 31.1 Å². The zero-order chi connectivity index (χ0) is 17.7. The summed E-state index contributed by atoms with van der Waals surface area (Å²) in [5.41, 5.74) is 1.83. The van der Waals surface area contributed by atoms with E-state index in [0.29, 0.717) is 26.2 Å². The van der Waals surface area contributed by atoms with Crippen LogP contribution in [0.1, 0.15) is 9.67 Å². The summed E-state index contributed by atoms with van der Waals surface area (Å²) in [6, 6.07) is 9.29. The number of benzene rings is 1. The van der Waals surface area contributed by atoms with Gasteiger partial charge in [-0.1, -0.05) is 12.1 Å². The molecule has 0 radical (unpaired) electrons. The summed E-state index contributed by atoms with van der Waals surface area (Å²) in [7, 11) is 0. The summed E-state index contributed by atoms with van der Waals surface area (Å²) in [4.78, 5) is 24.1. The van der Waals surface area contributed by atoms with Crippen molar-refractivity contribution in [1.82, 2.24) is 14.3 Å². The maximum atomic E-state index is 12.9. The van der Waals surface area contributed by atoms with Gasteiger partial charge in [0.05, 0.1) is 16.1 Å². The van der Waals surface area contributed by atoms with Crippen molar-refractivity contribution in [3.63, 3.8) is 0 Å². The van der Waals surface area contributed by atoms with Crippen LogP contribution < -0.4 is 4.90 Å². The van der Waals surface area contributed by atoms with Gasteiger partial charge in [0.15, 0.2) is 4.96 Å². The van der Waals surface area contributed by atoms with E-state index < -0.39 is 0 Å². The van der Waals surface area contributed by atoms with Gasteiger partial charge in [0.1, 0.15) is 10.6 Å². The second-order valence-corrected chi connectivity index (χ2v) is 8.14. The Morgan fingerprint density at radius 3 is 2.77 bits per heavy atom. The third kappa shape index (κ3) is 2.45. The number of hydrogen-bond donors (Lipinski definition) is 1. The lowest BCUT2D eigenvalue weighted by molar-refractivity contribution is 0.0751. The van der Waals surface area contributed by atoms with Gasteiger partial charge in [0.25, 0.3) is 5.91 Å². The molecule has 0 saturated carbocycles. The second-order valence-electron chi connectivity index (χ2n) is 6.24. The van der Waals surface area contributed by atoms with Gasteiger partial charge in [-0.3, -0.25) is 9.20 Å². The number of phenolic OH excluding ortho intramolecular Hbond substituents is 1. The SMILES string of the molecule is O=C(c1cc2c(nc3sccn32)s1)N1CCN(c2ccccc2O)CC1. The number of nitrogens with zero attached hydrogens (tertiary/aromatic N) is 4. The molecule has 0 spiro atoms. The quantitative estimate of drug-likeness (QED) is 0.576. The third-order valence-corrected chi connectivity index (χ3v) is 6.50. The van der Waals surface area contributed by atoms with E-state index in [0.717, 1.165) is 25.9 Å². The zero-order valence-electron chi connectivity index (χ0n) is 13.8. The summed E-state index contributed by atoms with van der Waals surface area (Å²) >= 11 is 3.06. The van der Waals surface area contributed by atoms with E-state index in [1.165, 1.54) is 11.3 Å². The molecule has 1 aliphatic rings. The molecule has 5 rings (SSSR count). The number of phenols is 1. The summed E-state index contributed by atoms with van der Waals surface area (Å²) in [5.74, 6) is 0.348. The van der Waals surface area contributed by atoms with E-state index in [-0.39, 0.29) is 11.7 Å². The van der Waals surface area contributed by atoms with Gasteiger partial charge in [-0.05, 0) is 18.2 Å². The minimum atomic E-state index is 0.0638. The molecular weight excluding hydrogens is 368 g/mol. The maximum Gasteiger partial charge on any atom is 0.264 e. The van der Waals surface area contributed by atoms with Crippen LogP contribution >= 0.6 is 22.7 Å². The van der Waals surface area contributed by atoms with Crippen LogP contribution in [0.3, 0.4) is 0 Å². The van der Waals surface area contributed by atoms with Gasteiger partial charge in [0.2, 0.25) is 0 Å². The first-order valence-corrected chi connectivity index (χ1v) is 10.1. The molecule has 4 aromatic rings. The number of carbonyl (C=O) groups excluding carboxylic acids is 1. The molecule has 0 bridgehead atoms. The first kappa shape index (κ1) is 15.7. The molecule has 1 amide bonds. The summed E-state index contributed by atoms with van der Waals surface area (Å²) in [6.45, 7) is 2.71. The monoisotopic (exact) mass is 384 g/mol. The average molecular weight is 384 g/mol. The van der Waals surface area contributed by atoms with Gasteiger partial charge in [-0.15, -0.1) is 22.7 Å². The van der Waals surface area contributed by atoms with Crippen molar-refractivity contribution in [1.29, 1.82) is 0 Å². The number of rotatable bonds is 2. The number of aromatic nitrogens is 2. The molecular formula is C18H16N4O2S2. The summed E-state index contributed by atoms with van der Waals surface area (Å²) < 4.78 is 2.03. The number of thiophene rings is 1. The highest BCUT2D eigenvalue weighted by atomic mass is 32.1. The fraction of sp³-hybridized carbons (Fsp3) is 0.222. The molecule has 6 nitrogen and oxygen atoms in total. The summed E-state index contributed by atoms with van der Waals surface area (Å²) in [6.07, 6.45) is 1.99. The van der Waals surface area contributed by atoms with Crippen molar-refractivity contribution in [3.8, 4) is 5.75 Å².